The number of rotatable bonds is 0. The number of thiocarbonyl (C=S) groups is 1. The van der Waals surface area contributed by atoms with E-state index in [1.54, 1.807) is 0 Å². The SMILES string of the molecule is CC12CC(NC(=S)N1)c1cc(Br)ccc1O2. The quantitative estimate of drug-likeness (QED) is 0.721. The molecule has 2 bridgehead atoms. The van der Waals surface area contributed by atoms with E-state index in [0.717, 1.165) is 22.2 Å². The topological polar surface area (TPSA) is 33.3 Å². The molecular formula is C11H11BrN2OS. The van der Waals surface area contributed by atoms with E-state index in [2.05, 4.69) is 32.6 Å². The monoisotopic (exact) mass is 298 g/mol. The highest BCUT2D eigenvalue weighted by atomic mass is 79.9. The molecule has 1 saturated heterocycles. The van der Waals surface area contributed by atoms with Crippen molar-refractivity contribution < 1.29 is 4.74 Å². The van der Waals surface area contributed by atoms with Gasteiger partial charge in [-0.15, -0.1) is 0 Å². The first-order valence-electron chi connectivity index (χ1n) is 5.13. The molecule has 5 heteroatoms. The Bertz CT molecular complexity index is 479. The van der Waals surface area contributed by atoms with Gasteiger partial charge in [-0.2, -0.15) is 0 Å². The molecule has 3 rings (SSSR count). The van der Waals surface area contributed by atoms with Crippen LogP contribution in [0.3, 0.4) is 0 Å². The van der Waals surface area contributed by atoms with Gasteiger partial charge in [0.1, 0.15) is 5.75 Å². The van der Waals surface area contributed by atoms with Crippen molar-refractivity contribution in [2.75, 3.05) is 0 Å². The van der Waals surface area contributed by atoms with E-state index >= 15 is 0 Å². The lowest BCUT2D eigenvalue weighted by Crippen LogP contribution is -2.62. The third kappa shape index (κ3) is 1.58. The van der Waals surface area contributed by atoms with E-state index in [4.69, 9.17) is 17.0 Å². The number of ether oxygens (including phenoxy) is 1. The highest BCUT2D eigenvalue weighted by Crippen LogP contribution is 2.41. The van der Waals surface area contributed by atoms with Crippen LogP contribution < -0.4 is 15.4 Å². The first-order valence-corrected chi connectivity index (χ1v) is 6.33. The minimum Gasteiger partial charge on any atom is -0.468 e. The van der Waals surface area contributed by atoms with Gasteiger partial charge in [-0.25, -0.2) is 0 Å². The number of fused-ring (bicyclic) bond motifs is 4. The van der Waals surface area contributed by atoms with Crippen molar-refractivity contribution in [1.82, 2.24) is 10.6 Å². The van der Waals surface area contributed by atoms with E-state index in [1.807, 2.05) is 19.1 Å². The van der Waals surface area contributed by atoms with Crippen LogP contribution in [-0.2, 0) is 0 Å². The van der Waals surface area contributed by atoms with Crippen LogP contribution in [-0.4, -0.2) is 10.8 Å². The Kier molecular flexibility index (Phi) is 2.16. The molecule has 2 heterocycles. The van der Waals surface area contributed by atoms with Gasteiger partial charge in [-0.3, -0.25) is 0 Å². The predicted octanol–water partition coefficient (Wildman–Crippen LogP) is 2.47. The van der Waals surface area contributed by atoms with Crippen LogP contribution in [0.1, 0.15) is 24.9 Å². The van der Waals surface area contributed by atoms with Crippen LogP contribution in [0, 0.1) is 0 Å². The summed E-state index contributed by atoms with van der Waals surface area (Å²) in [6.07, 6.45) is 0.872. The summed E-state index contributed by atoms with van der Waals surface area (Å²) in [7, 11) is 0. The summed E-state index contributed by atoms with van der Waals surface area (Å²) in [6, 6.07) is 6.30. The molecule has 0 saturated carbocycles. The molecule has 0 amide bonds. The van der Waals surface area contributed by atoms with Crippen LogP contribution in [0.2, 0.25) is 0 Å². The van der Waals surface area contributed by atoms with Gasteiger partial charge in [-0.1, -0.05) is 15.9 Å². The van der Waals surface area contributed by atoms with E-state index < -0.39 is 0 Å². The van der Waals surface area contributed by atoms with Gasteiger partial charge in [0.15, 0.2) is 10.8 Å². The largest absolute Gasteiger partial charge is 0.468 e. The van der Waals surface area contributed by atoms with E-state index in [1.165, 1.54) is 0 Å². The van der Waals surface area contributed by atoms with Crippen LogP contribution in [0.25, 0.3) is 0 Å². The Morgan fingerprint density at radius 2 is 2.38 bits per heavy atom. The summed E-state index contributed by atoms with van der Waals surface area (Å²) in [5.74, 6) is 0.921. The number of benzene rings is 1. The van der Waals surface area contributed by atoms with Gasteiger partial charge in [-0.05, 0) is 37.3 Å². The highest BCUT2D eigenvalue weighted by Gasteiger charge is 2.41. The van der Waals surface area contributed by atoms with Crippen LogP contribution in [0.4, 0.5) is 0 Å². The molecule has 0 aliphatic carbocycles. The standard InChI is InChI=1S/C11H11BrN2OS/c1-11-5-8(13-10(16)14-11)7-4-6(12)2-3-9(7)15-11/h2-4,8H,5H2,1H3,(H2,13,14,16). The summed E-state index contributed by atoms with van der Waals surface area (Å²) in [4.78, 5) is 0. The van der Waals surface area contributed by atoms with Crippen molar-refractivity contribution in [1.29, 1.82) is 0 Å². The zero-order valence-corrected chi connectivity index (χ0v) is 11.1. The Hall–Kier alpha value is -0.810. The maximum Gasteiger partial charge on any atom is 0.181 e. The molecule has 0 spiro atoms. The first-order chi connectivity index (χ1) is 7.56. The lowest BCUT2D eigenvalue weighted by atomic mass is 9.92. The molecule has 0 radical (unpaired) electrons. The lowest BCUT2D eigenvalue weighted by Gasteiger charge is -2.45. The number of hydrogen-bond acceptors (Lipinski definition) is 2. The Morgan fingerprint density at radius 1 is 1.56 bits per heavy atom. The van der Waals surface area contributed by atoms with Crippen molar-refractivity contribution in [3.8, 4) is 5.75 Å². The highest BCUT2D eigenvalue weighted by molar-refractivity contribution is 9.10. The van der Waals surface area contributed by atoms with Crippen molar-refractivity contribution >= 4 is 33.3 Å². The van der Waals surface area contributed by atoms with E-state index in [-0.39, 0.29) is 11.8 Å². The van der Waals surface area contributed by atoms with Gasteiger partial charge >= 0.3 is 0 Å². The van der Waals surface area contributed by atoms with Crippen LogP contribution in [0.15, 0.2) is 22.7 Å². The fraction of sp³-hybridized carbons (Fsp3) is 0.364. The third-order valence-corrected chi connectivity index (χ3v) is 3.67. The first kappa shape index (κ1) is 10.4. The minimum atomic E-state index is -0.381. The maximum atomic E-state index is 5.96. The summed E-state index contributed by atoms with van der Waals surface area (Å²) in [5.41, 5.74) is 0.782. The smallest absolute Gasteiger partial charge is 0.181 e. The van der Waals surface area contributed by atoms with Gasteiger partial charge in [0.2, 0.25) is 0 Å². The summed E-state index contributed by atoms with van der Waals surface area (Å²) >= 11 is 8.66. The summed E-state index contributed by atoms with van der Waals surface area (Å²) in [6.45, 7) is 2.03. The van der Waals surface area contributed by atoms with Gasteiger partial charge in [0.05, 0.1) is 6.04 Å². The van der Waals surface area contributed by atoms with Crippen molar-refractivity contribution in [2.24, 2.45) is 0 Å². The number of halogens is 1. The molecule has 2 aliphatic heterocycles. The molecule has 2 N–H and O–H groups in total. The van der Waals surface area contributed by atoms with Gasteiger partial charge in [0, 0.05) is 16.5 Å². The molecule has 2 atom stereocenters. The van der Waals surface area contributed by atoms with Crippen LogP contribution in [0.5, 0.6) is 5.75 Å². The van der Waals surface area contributed by atoms with E-state index in [0.29, 0.717) is 5.11 Å². The zero-order valence-electron chi connectivity index (χ0n) is 8.71. The fourth-order valence-electron chi connectivity index (χ4n) is 2.31. The summed E-state index contributed by atoms with van der Waals surface area (Å²) in [5, 5.41) is 7.10. The second-order valence-corrected chi connectivity index (χ2v) is 5.69. The minimum absolute atomic E-state index is 0.236. The van der Waals surface area contributed by atoms with Crippen molar-refractivity contribution in [2.45, 2.75) is 25.1 Å². The summed E-state index contributed by atoms with van der Waals surface area (Å²) < 4.78 is 7.02. The third-order valence-electron chi connectivity index (χ3n) is 2.96. The molecule has 2 unspecified atom stereocenters. The van der Waals surface area contributed by atoms with Crippen LogP contribution >= 0.6 is 28.1 Å². The molecule has 1 aromatic carbocycles. The molecule has 0 aromatic heterocycles. The maximum absolute atomic E-state index is 5.96. The molecule has 3 nitrogen and oxygen atoms in total. The Morgan fingerprint density at radius 3 is 3.19 bits per heavy atom. The molecular weight excluding hydrogens is 288 g/mol. The fourth-order valence-corrected chi connectivity index (χ4v) is 3.05. The Labute approximate surface area is 108 Å². The molecule has 16 heavy (non-hydrogen) atoms. The molecule has 1 aromatic rings. The second kappa shape index (κ2) is 3.34. The number of hydrogen-bond donors (Lipinski definition) is 2. The predicted molar refractivity (Wildman–Crippen MR) is 69.4 cm³/mol. The second-order valence-electron chi connectivity index (χ2n) is 4.37. The average molecular weight is 299 g/mol. The normalized spacial score (nSPS) is 30.9. The van der Waals surface area contributed by atoms with Gasteiger partial charge in [0.25, 0.3) is 0 Å². The van der Waals surface area contributed by atoms with Crippen molar-refractivity contribution in [3.05, 3.63) is 28.2 Å². The van der Waals surface area contributed by atoms with E-state index in [9.17, 15) is 0 Å². The molecule has 1 fully saturated rings. The molecule has 2 aliphatic rings. The molecule has 84 valence electrons. The lowest BCUT2D eigenvalue weighted by molar-refractivity contribution is 0.0250. The average Bonchev–Trinajstić information content (AvgIpc) is 2.17. The zero-order chi connectivity index (χ0) is 11.3. The van der Waals surface area contributed by atoms with Crippen molar-refractivity contribution in [3.63, 3.8) is 0 Å². The number of nitrogens with one attached hydrogen (secondary N) is 2. The van der Waals surface area contributed by atoms with Gasteiger partial charge < -0.3 is 15.4 Å². The Balaban J connectivity index is 2.10.